The van der Waals surface area contributed by atoms with Gasteiger partial charge < -0.3 is 14.6 Å². The predicted octanol–water partition coefficient (Wildman–Crippen LogP) is 4.41. The van der Waals surface area contributed by atoms with Crippen LogP contribution < -0.4 is 10.2 Å². The number of hydrogen-bond acceptors (Lipinski definition) is 4. The van der Waals surface area contributed by atoms with Gasteiger partial charge in [-0.3, -0.25) is 9.59 Å². The topological polar surface area (TPSA) is 86.8 Å². The Hall–Kier alpha value is -3.61. The molecule has 4 rings (SSSR count). The zero-order valence-electron chi connectivity index (χ0n) is 19.3. The molecule has 1 saturated heterocycles. The Kier molecular flexibility index (Phi) is 6.77. The Bertz CT molecular complexity index is 1160. The molecule has 0 aliphatic carbocycles. The van der Waals surface area contributed by atoms with Gasteiger partial charge in [0.2, 0.25) is 0 Å². The molecule has 2 aromatic carbocycles. The summed E-state index contributed by atoms with van der Waals surface area (Å²) >= 11 is 0. The van der Waals surface area contributed by atoms with Crippen LogP contribution in [0, 0.1) is 6.92 Å². The first-order valence-corrected chi connectivity index (χ1v) is 11.4. The molecule has 2 atom stereocenters. The highest BCUT2D eigenvalue weighted by atomic mass is 16.5. The number of nitrogens with zero attached hydrogens (tertiary/aromatic N) is 2. The van der Waals surface area contributed by atoms with Crippen molar-refractivity contribution in [3.8, 4) is 5.75 Å². The first-order chi connectivity index (χ1) is 15.9. The largest absolute Gasteiger partial charge is 0.484 e. The SMILES string of the molecule is Cc1[nH]c2ccccc2c1/C=N/NC(=O)c1ccc(OCC(=O)N2[C@H](C)CCC[C@@H]2C)cc1. The number of piperidine rings is 1. The van der Waals surface area contributed by atoms with E-state index in [-0.39, 0.29) is 30.5 Å². The van der Waals surface area contributed by atoms with Gasteiger partial charge in [-0.15, -0.1) is 0 Å². The van der Waals surface area contributed by atoms with Crippen molar-refractivity contribution in [1.82, 2.24) is 15.3 Å². The molecule has 7 nitrogen and oxygen atoms in total. The van der Waals surface area contributed by atoms with Crippen LogP contribution in [0.3, 0.4) is 0 Å². The summed E-state index contributed by atoms with van der Waals surface area (Å²) in [7, 11) is 0. The minimum Gasteiger partial charge on any atom is -0.484 e. The predicted molar refractivity (Wildman–Crippen MR) is 130 cm³/mol. The maximum Gasteiger partial charge on any atom is 0.271 e. The molecule has 172 valence electrons. The highest BCUT2D eigenvalue weighted by molar-refractivity contribution is 6.01. The Labute approximate surface area is 193 Å². The number of carbonyl (C=O) groups excluding carboxylic acids is 2. The van der Waals surface area contributed by atoms with Gasteiger partial charge in [-0.05, 0) is 70.4 Å². The van der Waals surface area contributed by atoms with Crippen molar-refractivity contribution in [1.29, 1.82) is 0 Å². The Morgan fingerprint density at radius 2 is 1.82 bits per heavy atom. The van der Waals surface area contributed by atoms with Gasteiger partial charge in [0.25, 0.3) is 11.8 Å². The minimum absolute atomic E-state index is 0.00145. The van der Waals surface area contributed by atoms with E-state index in [0.717, 1.165) is 41.4 Å². The number of ether oxygens (including phenoxy) is 1. The second-order valence-electron chi connectivity index (χ2n) is 8.65. The molecule has 1 aliphatic rings. The van der Waals surface area contributed by atoms with Crippen molar-refractivity contribution in [3.05, 3.63) is 65.4 Å². The average Bonchev–Trinajstić information content (AvgIpc) is 3.13. The van der Waals surface area contributed by atoms with Gasteiger partial charge in [0.05, 0.1) is 6.21 Å². The van der Waals surface area contributed by atoms with Gasteiger partial charge in [-0.1, -0.05) is 18.2 Å². The molecule has 2 amide bonds. The van der Waals surface area contributed by atoms with E-state index < -0.39 is 0 Å². The lowest BCUT2D eigenvalue weighted by atomic mass is 9.97. The van der Waals surface area contributed by atoms with E-state index in [1.165, 1.54) is 0 Å². The van der Waals surface area contributed by atoms with Gasteiger partial charge in [0.1, 0.15) is 5.75 Å². The lowest BCUT2D eigenvalue weighted by molar-refractivity contribution is -0.139. The standard InChI is InChI=1S/C26H30N4O3/c1-17-7-6-8-18(2)30(17)25(31)16-33-21-13-11-20(12-14-21)26(32)29-27-15-23-19(3)28-24-10-5-4-9-22(23)24/h4-5,9-15,17-18,28H,6-8,16H2,1-3H3,(H,29,32)/b27-15+/t17-,18+. The molecule has 1 fully saturated rings. The third-order valence-electron chi connectivity index (χ3n) is 6.26. The molecule has 2 N–H and O–H groups in total. The van der Waals surface area contributed by atoms with Crippen LogP contribution in [0.25, 0.3) is 10.9 Å². The summed E-state index contributed by atoms with van der Waals surface area (Å²) in [5, 5.41) is 5.18. The zero-order valence-corrected chi connectivity index (χ0v) is 19.3. The molecule has 7 heteroatoms. The van der Waals surface area contributed by atoms with Crippen LogP contribution in [0.1, 0.15) is 54.7 Å². The van der Waals surface area contributed by atoms with Gasteiger partial charge in [0, 0.05) is 39.8 Å². The zero-order chi connectivity index (χ0) is 23.4. The number of nitrogens with one attached hydrogen (secondary N) is 2. The van der Waals surface area contributed by atoms with Gasteiger partial charge >= 0.3 is 0 Å². The van der Waals surface area contributed by atoms with Crippen molar-refractivity contribution in [2.75, 3.05) is 6.61 Å². The molecule has 0 radical (unpaired) electrons. The fraction of sp³-hybridized carbons (Fsp3) is 0.346. The number of amides is 2. The maximum absolute atomic E-state index is 12.6. The van der Waals surface area contributed by atoms with Crippen LogP contribution >= 0.6 is 0 Å². The first kappa shape index (κ1) is 22.6. The van der Waals surface area contributed by atoms with E-state index >= 15 is 0 Å². The van der Waals surface area contributed by atoms with Crippen molar-refractivity contribution >= 4 is 28.9 Å². The summed E-state index contributed by atoms with van der Waals surface area (Å²) in [4.78, 5) is 30.3. The maximum atomic E-state index is 12.6. The second-order valence-corrected chi connectivity index (χ2v) is 8.65. The Morgan fingerprint density at radius 3 is 2.55 bits per heavy atom. The highest BCUT2D eigenvalue weighted by Crippen LogP contribution is 2.23. The molecule has 0 unspecified atom stereocenters. The summed E-state index contributed by atoms with van der Waals surface area (Å²) in [6, 6.07) is 15.1. The average molecular weight is 447 g/mol. The van der Waals surface area contributed by atoms with Crippen molar-refractivity contribution in [2.45, 2.75) is 52.1 Å². The van der Waals surface area contributed by atoms with Crippen molar-refractivity contribution < 1.29 is 14.3 Å². The number of rotatable bonds is 6. The fourth-order valence-corrected chi connectivity index (χ4v) is 4.52. The number of carbonyl (C=O) groups is 2. The van der Waals surface area contributed by atoms with E-state index in [0.29, 0.717) is 11.3 Å². The van der Waals surface area contributed by atoms with Gasteiger partial charge in [-0.25, -0.2) is 5.43 Å². The summed E-state index contributed by atoms with van der Waals surface area (Å²) in [6.45, 7) is 6.14. The van der Waals surface area contributed by atoms with Crippen LogP contribution in [-0.4, -0.2) is 46.6 Å². The lowest BCUT2D eigenvalue weighted by Crippen LogP contribution is -2.49. The van der Waals surface area contributed by atoms with Crippen LogP contribution in [0.15, 0.2) is 53.6 Å². The molecule has 0 saturated carbocycles. The molecule has 2 heterocycles. The smallest absolute Gasteiger partial charge is 0.271 e. The normalized spacial score (nSPS) is 18.6. The van der Waals surface area contributed by atoms with Crippen molar-refractivity contribution in [2.24, 2.45) is 5.10 Å². The third kappa shape index (κ3) is 5.08. The number of para-hydroxylation sites is 1. The number of hydrazone groups is 1. The minimum atomic E-state index is -0.317. The summed E-state index contributed by atoms with van der Waals surface area (Å²) in [5.74, 6) is 0.232. The fourth-order valence-electron chi connectivity index (χ4n) is 4.52. The number of aryl methyl sites for hydroxylation is 1. The molecule has 33 heavy (non-hydrogen) atoms. The molecule has 0 bridgehead atoms. The molecular formula is C26H30N4O3. The second kappa shape index (κ2) is 9.90. The van der Waals surface area contributed by atoms with Gasteiger partial charge in [0.15, 0.2) is 6.61 Å². The van der Waals surface area contributed by atoms with Crippen molar-refractivity contribution in [3.63, 3.8) is 0 Å². The van der Waals surface area contributed by atoms with E-state index in [2.05, 4.69) is 29.4 Å². The van der Waals surface area contributed by atoms with Crippen LogP contribution in [0.4, 0.5) is 0 Å². The molecular weight excluding hydrogens is 416 g/mol. The Morgan fingerprint density at radius 1 is 1.12 bits per heavy atom. The van der Waals surface area contributed by atoms with E-state index in [1.807, 2.05) is 36.1 Å². The number of benzene rings is 2. The molecule has 1 aliphatic heterocycles. The number of aromatic nitrogens is 1. The number of fused-ring (bicyclic) bond motifs is 1. The van der Waals surface area contributed by atoms with E-state index in [9.17, 15) is 9.59 Å². The Balaban J connectivity index is 1.32. The number of H-pyrrole nitrogens is 1. The van der Waals surface area contributed by atoms with Crippen LogP contribution in [-0.2, 0) is 4.79 Å². The number of likely N-dealkylation sites (tertiary alicyclic amines) is 1. The van der Waals surface area contributed by atoms with E-state index in [4.69, 9.17) is 4.74 Å². The summed E-state index contributed by atoms with van der Waals surface area (Å²) in [6.07, 6.45) is 4.87. The quantitative estimate of drug-likeness (QED) is 0.434. The monoisotopic (exact) mass is 446 g/mol. The number of hydrogen-bond donors (Lipinski definition) is 2. The number of aromatic amines is 1. The van der Waals surface area contributed by atoms with Crippen LogP contribution in [0.2, 0.25) is 0 Å². The molecule has 3 aromatic rings. The van der Waals surface area contributed by atoms with Crippen LogP contribution in [0.5, 0.6) is 5.75 Å². The van der Waals surface area contributed by atoms with E-state index in [1.54, 1.807) is 30.5 Å². The molecule has 1 aromatic heterocycles. The summed E-state index contributed by atoms with van der Waals surface area (Å²) in [5.41, 5.74) is 5.98. The third-order valence-corrected chi connectivity index (χ3v) is 6.26. The lowest BCUT2D eigenvalue weighted by Gasteiger charge is -2.38. The summed E-state index contributed by atoms with van der Waals surface area (Å²) < 4.78 is 5.68. The van der Waals surface area contributed by atoms with Gasteiger partial charge in [-0.2, -0.15) is 5.10 Å². The molecule has 0 spiro atoms. The first-order valence-electron chi connectivity index (χ1n) is 11.4. The highest BCUT2D eigenvalue weighted by Gasteiger charge is 2.28.